The topological polar surface area (TPSA) is 98.9 Å². The predicted molar refractivity (Wildman–Crippen MR) is 79.7 cm³/mol. The number of hydrogen-bond acceptors (Lipinski definition) is 6. The van der Waals surface area contributed by atoms with Gasteiger partial charge in [-0.3, -0.25) is 9.59 Å². The highest BCUT2D eigenvalue weighted by Crippen LogP contribution is 2.37. The molecule has 4 N–H and O–H groups in total. The van der Waals surface area contributed by atoms with E-state index in [1.165, 1.54) is 0 Å². The fourth-order valence-electron chi connectivity index (χ4n) is 3.06. The molecule has 7 nitrogen and oxygen atoms in total. The van der Waals surface area contributed by atoms with Crippen molar-refractivity contribution >= 4 is 11.6 Å². The zero-order valence-electron chi connectivity index (χ0n) is 12.8. The summed E-state index contributed by atoms with van der Waals surface area (Å²) in [6.45, 7) is 1.90. The molecule has 132 valence electrons. The number of Topliss-reactive ketones (excluding diaryl/α,β-unsaturated/α-hetero) is 1. The lowest BCUT2D eigenvalue weighted by Crippen LogP contribution is -2.63. The van der Waals surface area contributed by atoms with Crippen LogP contribution >= 0.6 is 0 Å². The van der Waals surface area contributed by atoms with Gasteiger partial charge in [-0.2, -0.15) is 18.3 Å². The lowest BCUT2D eigenvalue weighted by atomic mass is 9.71. The molecule has 0 bridgehead atoms. The molecule has 2 aliphatic rings. The van der Waals surface area contributed by atoms with Gasteiger partial charge in [0.25, 0.3) is 5.56 Å². The number of aromatic nitrogens is 2. The molecular weight excluding hydrogens is 327 g/mol. The highest BCUT2D eigenvalue weighted by atomic mass is 19.4. The molecular formula is C14H18F3N5O2. The van der Waals surface area contributed by atoms with Crippen molar-refractivity contribution < 1.29 is 18.0 Å². The van der Waals surface area contributed by atoms with Crippen molar-refractivity contribution in [2.75, 3.05) is 25.0 Å². The molecule has 0 radical (unpaired) electrons. The van der Waals surface area contributed by atoms with Gasteiger partial charge in [0.2, 0.25) is 0 Å². The summed E-state index contributed by atoms with van der Waals surface area (Å²) in [7, 11) is 0. The van der Waals surface area contributed by atoms with Crippen molar-refractivity contribution in [3.8, 4) is 0 Å². The number of ketones is 1. The number of rotatable bonds is 4. The summed E-state index contributed by atoms with van der Waals surface area (Å²) in [5.74, 6) is -0.249. The van der Waals surface area contributed by atoms with Gasteiger partial charge < -0.3 is 16.0 Å². The summed E-state index contributed by atoms with van der Waals surface area (Å²) < 4.78 is 38.5. The maximum absolute atomic E-state index is 12.8. The Labute approximate surface area is 135 Å². The van der Waals surface area contributed by atoms with E-state index in [4.69, 9.17) is 0 Å². The Bertz CT molecular complexity index is 678. The number of nitrogens with zero attached hydrogens (tertiary/aromatic N) is 1. The summed E-state index contributed by atoms with van der Waals surface area (Å²) in [5.41, 5.74) is -3.58. The van der Waals surface area contributed by atoms with Crippen LogP contribution in [0, 0.1) is 0 Å². The van der Waals surface area contributed by atoms with Gasteiger partial charge in [0.05, 0.1) is 11.6 Å². The predicted octanol–water partition coefficient (Wildman–Crippen LogP) is 0.254. The fraction of sp³-hybridized carbons (Fsp3) is 0.643. The van der Waals surface area contributed by atoms with Crippen LogP contribution in [-0.2, 0) is 11.0 Å². The normalized spacial score (nSPS) is 23.4. The van der Waals surface area contributed by atoms with Crippen molar-refractivity contribution in [3.63, 3.8) is 0 Å². The number of alkyl halides is 3. The van der Waals surface area contributed by atoms with E-state index in [0.717, 1.165) is 13.0 Å². The van der Waals surface area contributed by atoms with Crippen LogP contribution in [0.1, 0.15) is 24.8 Å². The van der Waals surface area contributed by atoms with Crippen molar-refractivity contribution in [1.82, 2.24) is 20.8 Å². The number of anilines is 1. The summed E-state index contributed by atoms with van der Waals surface area (Å²) in [6.07, 6.45) is -2.94. The van der Waals surface area contributed by atoms with E-state index in [9.17, 15) is 22.8 Å². The van der Waals surface area contributed by atoms with E-state index < -0.39 is 28.9 Å². The third kappa shape index (κ3) is 3.16. The third-order valence-electron chi connectivity index (χ3n) is 4.51. The maximum Gasteiger partial charge on any atom is 0.421 e. The molecule has 1 saturated heterocycles. The molecule has 1 aromatic heterocycles. The molecule has 3 rings (SSSR count). The SMILES string of the molecule is O=C([C@H]1CNCCN1)C1(Nc2cc(C(F)(F)F)c(=O)[nH]n2)CCC1. The van der Waals surface area contributed by atoms with Gasteiger partial charge >= 0.3 is 6.18 Å². The Hall–Kier alpha value is -1.94. The minimum absolute atomic E-state index is 0.0949. The molecule has 1 aliphatic carbocycles. The average Bonchev–Trinajstić information content (AvgIpc) is 2.51. The average molecular weight is 345 g/mol. The van der Waals surface area contributed by atoms with Crippen molar-refractivity contribution in [1.29, 1.82) is 0 Å². The first-order valence-corrected chi connectivity index (χ1v) is 7.75. The van der Waals surface area contributed by atoms with Crippen LogP contribution in [0.4, 0.5) is 19.0 Å². The summed E-state index contributed by atoms with van der Waals surface area (Å²) >= 11 is 0. The summed E-state index contributed by atoms with van der Waals surface area (Å²) in [5, 5.41) is 14.5. The van der Waals surface area contributed by atoms with E-state index in [0.29, 0.717) is 32.0 Å². The minimum Gasteiger partial charge on any atom is -0.356 e. The molecule has 1 atom stereocenters. The molecule has 1 aromatic rings. The first-order chi connectivity index (χ1) is 11.3. The van der Waals surface area contributed by atoms with Crippen molar-refractivity contribution in [2.45, 2.75) is 37.0 Å². The summed E-state index contributed by atoms with van der Waals surface area (Å²) in [6, 6.07) is 0.259. The van der Waals surface area contributed by atoms with Crippen LogP contribution < -0.4 is 21.5 Å². The lowest BCUT2D eigenvalue weighted by Gasteiger charge is -2.44. The molecule has 1 aliphatic heterocycles. The van der Waals surface area contributed by atoms with Crippen molar-refractivity contribution in [3.05, 3.63) is 22.0 Å². The Morgan fingerprint density at radius 2 is 2.08 bits per heavy atom. The summed E-state index contributed by atoms with van der Waals surface area (Å²) in [4.78, 5) is 24.1. The largest absolute Gasteiger partial charge is 0.421 e. The van der Waals surface area contributed by atoms with Gasteiger partial charge in [-0.1, -0.05) is 0 Å². The Kier molecular flexibility index (Phi) is 4.35. The van der Waals surface area contributed by atoms with E-state index in [1.807, 2.05) is 5.10 Å². The number of carbonyl (C=O) groups is 1. The second-order valence-corrected chi connectivity index (χ2v) is 6.13. The van der Waals surface area contributed by atoms with E-state index in [2.05, 4.69) is 21.0 Å². The highest BCUT2D eigenvalue weighted by molar-refractivity contribution is 5.96. The van der Waals surface area contributed by atoms with Crippen LogP contribution in [0.2, 0.25) is 0 Å². The zero-order valence-corrected chi connectivity index (χ0v) is 12.8. The number of nitrogens with one attached hydrogen (secondary N) is 4. The van der Waals surface area contributed by atoms with Crippen LogP contribution in [0.15, 0.2) is 10.9 Å². The number of carbonyl (C=O) groups excluding carboxylic acids is 1. The number of aromatic amines is 1. The first-order valence-electron chi connectivity index (χ1n) is 7.75. The van der Waals surface area contributed by atoms with Gasteiger partial charge in [-0.25, -0.2) is 5.10 Å². The van der Waals surface area contributed by atoms with Gasteiger partial charge in [-0.15, -0.1) is 0 Å². The van der Waals surface area contributed by atoms with Gasteiger partial charge in [0.1, 0.15) is 11.4 Å². The number of hydrogen-bond donors (Lipinski definition) is 4. The van der Waals surface area contributed by atoms with Gasteiger partial charge in [0, 0.05) is 25.7 Å². The highest BCUT2D eigenvalue weighted by Gasteiger charge is 2.47. The standard InChI is InChI=1S/C14H18F3N5O2/c15-14(16,17)8-6-10(21-22-12(8)24)20-13(2-1-3-13)11(23)9-7-18-4-5-19-9/h6,9,18-19H,1-5,7H2,(H,20,21)(H,22,24)/t9-/m1/s1. The Balaban J connectivity index is 1.83. The third-order valence-corrected chi connectivity index (χ3v) is 4.51. The molecule has 2 fully saturated rings. The quantitative estimate of drug-likeness (QED) is 0.625. The van der Waals surface area contributed by atoms with E-state index in [1.54, 1.807) is 0 Å². The fourth-order valence-corrected chi connectivity index (χ4v) is 3.06. The zero-order chi connectivity index (χ0) is 17.4. The second kappa shape index (κ2) is 6.17. The van der Waals surface area contributed by atoms with Crippen LogP contribution in [-0.4, -0.2) is 47.2 Å². The number of halogens is 3. The number of H-pyrrole nitrogens is 1. The first kappa shape index (κ1) is 16.9. The van der Waals surface area contributed by atoms with Crippen LogP contribution in [0.5, 0.6) is 0 Å². The molecule has 0 spiro atoms. The Morgan fingerprint density at radius 1 is 1.33 bits per heavy atom. The van der Waals surface area contributed by atoms with E-state index >= 15 is 0 Å². The smallest absolute Gasteiger partial charge is 0.356 e. The Morgan fingerprint density at radius 3 is 2.62 bits per heavy atom. The molecule has 10 heteroatoms. The number of piperazine rings is 1. The maximum atomic E-state index is 12.8. The molecule has 2 heterocycles. The molecule has 24 heavy (non-hydrogen) atoms. The molecule has 0 aromatic carbocycles. The minimum atomic E-state index is -4.78. The van der Waals surface area contributed by atoms with Gasteiger partial charge in [0.15, 0.2) is 5.78 Å². The lowest BCUT2D eigenvalue weighted by molar-refractivity contribution is -0.138. The molecule has 0 amide bonds. The molecule has 1 saturated carbocycles. The second-order valence-electron chi connectivity index (χ2n) is 6.13. The van der Waals surface area contributed by atoms with Crippen LogP contribution in [0.3, 0.4) is 0 Å². The molecule has 0 unspecified atom stereocenters. The van der Waals surface area contributed by atoms with Gasteiger partial charge in [-0.05, 0) is 19.3 Å². The monoisotopic (exact) mass is 345 g/mol. The van der Waals surface area contributed by atoms with Crippen molar-refractivity contribution in [2.24, 2.45) is 0 Å². The van der Waals surface area contributed by atoms with Crippen LogP contribution in [0.25, 0.3) is 0 Å². The van der Waals surface area contributed by atoms with E-state index in [-0.39, 0.29) is 11.6 Å².